The van der Waals surface area contributed by atoms with Crippen molar-refractivity contribution < 1.29 is 14.3 Å². The van der Waals surface area contributed by atoms with Gasteiger partial charge in [-0.05, 0) is 42.6 Å². The van der Waals surface area contributed by atoms with Crippen LogP contribution in [0.25, 0.3) is 11.4 Å². The second kappa shape index (κ2) is 10.3. The molecule has 1 aliphatic heterocycles. The number of aromatic nitrogens is 4. The van der Waals surface area contributed by atoms with Gasteiger partial charge >= 0.3 is 0 Å². The maximum atomic E-state index is 13.5. The minimum atomic E-state index is -0.0220. The molecule has 3 aromatic heterocycles. The summed E-state index contributed by atoms with van der Waals surface area (Å²) >= 11 is 3.02. The second-order valence-corrected chi connectivity index (χ2v) is 9.44. The molecule has 4 aromatic rings. The molecule has 34 heavy (non-hydrogen) atoms. The fourth-order valence-electron chi connectivity index (χ4n) is 3.68. The Morgan fingerprint density at radius 2 is 1.94 bits per heavy atom. The Bertz CT molecular complexity index is 1260. The van der Waals surface area contributed by atoms with Gasteiger partial charge in [0.05, 0.1) is 12.3 Å². The van der Waals surface area contributed by atoms with Crippen molar-refractivity contribution in [2.45, 2.75) is 25.2 Å². The number of carbonyl (C=O) groups excluding carboxylic acids is 1. The number of thiophene rings is 1. The molecular formula is C24H23N5O3S2. The molecule has 1 aromatic carbocycles. The number of pyridine rings is 1. The average Bonchev–Trinajstić information content (AvgIpc) is 3.55. The minimum Gasteiger partial charge on any atom is -0.486 e. The van der Waals surface area contributed by atoms with E-state index in [0.29, 0.717) is 43.0 Å². The number of rotatable bonds is 8. The molecule has 0 spiro atoms. The first-order chi connectivity index (χ1) is 16.7. The molecule has 0 radical (unpaired) electrons. The zero-order valence-corrected chi connectivity index (χ0v) is 20.2. The number of benzene rings is 1. The van der Waals surface area contributed by atoms with E-state index in [-0.39, 0.29) is 11.7 Å². The van der Waals surface area contributed by atoms with Crippen LogP contribution in [0.5, 0.6) is 11.5 Å². The van der Waals surface area contributed by atoms with Crippen molar-refractivity contribution in [1.82, 2.24) is 19.7 Å². The highest BCUT2D eigenvalue weighted by Gasteiger charge is 2.22. The molecule has 4 heterocycles. The summed E-state index contributed by atoms with van der Waals surface area (Å²) in [5.41, 5.74) is 1.72. The monoisotopic (exact) mass is 493 g/mol. The predicted octanol–water partition coefficient (Wildman–Crippen LogP) is 4.52. The van der Waals surface area contributed by atoms with Crippen molar-refractivity contribution in [2.75, 3.05) is 23.9 Å². The lowest BCUT2D eigenvalue weighted by molar-refractivity contribution is -0.116. The van der Waals surface area contributed by atoms with Gasteiger partial charge in [0.25, 0.3) is 0 Å². The molecule has 0 unspecified atom stereocenters. The zero-order chi connectivity index (χ0) is 23.3. The number of thioether (sulfide) groups is 1. The topological polar surface area (TPSA) is 82.4 Å². The highest BCUT2D eigenvalue weighted by atomic mass is 32.2. The lowest BCUT2D eigenvalue weighted by Gasteiger charge is -2.25. The molecule has 10 heteroatoms. The van der Waals surface area contributed by atoms with Gasteiger partial charge < -0.3 is 18.9 Å². The number of hydrogen-bond acceptors (Lipinski definition) is 8. The molecule has 0 saturated heterocycles. The maximum absolute atomic E-state index is 13.5. The Hall–Kier alpha value is -3.37. The van der Waals surface area contributed by atoms with E-state index in [0.717, 1.165) is 22.0 Å². The van der Waals surface area contributed by atoms with E-state index in [9.17, 15) is 4.79 Å². The highest BCUT2D eigenvalue weighted by Crippen LogP contribution is 2.35. The van der Waals surface area contributed by atoms with Gasteiger partial charge in [-0.25, -0.2) is 0 Å². The van der Waals surface area contributed by atoms with E-state index < -0.39 is 0 Å². The normalized spacial score (nSPS) is 12.5. The van der Waals surface area contributed by atoms with E-state index in [1.165, 1.54) is 11.8 Å². The third-order valence-corrected chi connectivity index (χ3v) is 7.14. The van der Waals surface area contributed by atoms with Gasteiger partial charge in [-0.3, -0.25) is 9.78 Å². The minimum absolute atomic E-state index is 0.0220. The summed E-state index contributed by atoms with van der Waals surface area (Å²) in [6, 6.07) is 13.5. The third-order valence-electron chi connectivity index (χ3n) is 5.33. The molecular weight excluding hydrogens is 470 g/mol. The Kier molecular flexibility index (Phi) is 6.77. The molecule has 8 nitrogen and oxygen atoms in total. The Morgan fingerprint density at radius 1 is 1.12 bits per heavy atom. The van der Waals surface area contributed by atoms with Crippen molar-refractivity contribution in [2.24, 2.45) is 0 Å². The lowest BCUT2D eigenvalue weighted by atomic mass is 10.2. The number of anilines is 1. The number of fused-ring (bicyclic) bond motifs is 1. The fraction of sp³-hybridized carbons (Fsp3) is 0.250. The predicted molar refractivity (Wildman–Crippen MR) is 133 cm³/mol. The summed E-state index contributed by atoms with van der Waals surface area (Å²) in [4.78, 5) is 20.4. The Labute approximate surface area is 205 Å². The molecule has 5 rings (SSSR count). The van der Waals surface area contributed by atoms with Gasteiger partial charge in [0, 0.05) is 41.1 Å². The first-order valence-corrected chi connectivity index (χ1v) is 12.8. The van der Waals surface area contributed by atoms with Crippen LogP contribution in [0.4, 0.5) is 5.69 Å². The van der Waals surface area contributed by atoms with Crippen molar-refractivity contribution in [3.8, 4) is 22.9 Å². The van der Waals surface area contributed by atoms with Crippen LogP contribution in [-0.2, 0) is 17.9 Å². The summed E-state index contributed by atoms with van der Waals surface area (Å²) in [5, 5.41) is 11.4. The Balaban J connectivity index is 1.37. The van der Waals surface area contributed by atoms with E-state index in [2.05, 4.69) is 15.2 Å². The SMILES string of the molecule is CCn1c(SCC(=O)N(Cc2cccs2)c2ccc3c(c2)OCCO3)nnc1-c1ccncc1. The number of nitrogens with zero attached hydrogens (tertiary/aromatic N) is 5. The smallest absolute Gasteiger partial charge is 0.237 e. The van der Waals surface area contributed by atoms with E-state index in [4.69, 9.17) is 9.47 Å². The molecule has 0 fully saturated rings. The largest absolute Gasteiger partial charge is 0.486 e. The standard InChI is InChI=1S/C24H23N5O3S2/c1-2-28-23(17-7-9-25-10-8-17)26-27-24(28)34-16-22(30)29(15-19-4-3-13-33-19)18-5-6-20-21(14-18)32-12-11-31-20/h3-10,13-14H,2,11-12,15-16H2,1H3. The van der Waals surface area contributed by atoms with Crippen LogP contribution in [0.1, 0.15) is 11.8 Å². The fourth-order valence-corrected chi connectivity index (χ4v) is 5.25. The van der Waals surface area contributed by atoms with Crippen LogP contribution >= 0.6 is 23.1 Å². The van der Waals surface area contributed by atoms with Gasteiger partial charge in [0.15, 0.2) is 22.5 Å². The second-order valence-electron chi connectivity index (χ2n) is 7.46. The summed E-state index contributed by atoms with van der Waals surface area (Å²) in [7, 11) is 0. The van der Waals surface area contributed by atoms with Crippen molar-refractivity contribution >= 4 is 34.7 Å². The number of amides is 1. The first kappa shape index (κ1) is 22.4. The molecule has 0 bridgehead atoms. The molecule has 174 valence electrons. The van der Waals surface area contributed by atoms with Gasteiger partial charge in [-0.2, -0.15) is 0 Å². The van der Waals surface area contributed by atoms with Gasteiger partial charge in [0.1, 0.15) is 13.2 Å². The van der Waals surface area contributed by atoms with Crippen LogP contribution in [0.3, 0.4) is 0 Å². The molecule has 1 amide bonds. The van der Waals surface area contributed by atoms with Crippen molar-refractivity contribution in [3.05, 3.63) is 65.1 Å². The number of ether oxygens (including phenoxy) is 2. The van der Waals surface area contributed by atoms with Crippen LogP contribution in [0.2, 0.25) is 0 Å². The summed E-state index contributed by atoms with van der Waals surface area (Å²) in [6.45, 7) is 4.25. The summed E-state index contributed by atoms with van der Waals surface area (Å²) in [6.07, 6.45) is 3.46. The van der Waals surface area contributed by atoms with Crippen LogP contribution in [-0.4, -0.2) is 44.6 Å². The third kappa shape index (κ3) is 4.78. The number of hydrogen-bond donors (Lipinski definition) is 0. The average molecular weight is 494 g/mol. The van der Waals surface area contributed by atoms with Crippen LogP contribution in [0.15, 0.2) is 65.4 Å². The van der Waals surface area contributed by atoms with Gasteiger partial charge in [-0.1, -0.05) is 17.8 Å². The van der Waals surface area contributed by atoms with Crippen molar-refractivity contribution in [1.29, 1.82) is 0 Å². The molecule has 1 aliphatic rings. The van der Waals surface area contributed by atoms with Crippen molar-refractivity contribution in [3.63, 3.8) is 0 Å². The van der Waals surface area contributed by atoms with E-state index in [1.807, 2.05) is 59.3 Å². The van der Waals surface area contributed by atoms with Gasteiger partial charge in [0.2, 0.25) is 5.91 Å². The van der Waals surface area contributed by atoms with Crippen LogP contribution in [0, 0.1) is 0 Å². The zero-order valence-electron chi connectivity index (χ0n) is 18.6. The van der Waals surface area contributed by atoms with E-state index in [1.54, 1.807) is 28.6 Å². The molecule has 0 N–H and O–H groups in total. The van der Waals surface area contributed by atoms with Gasteiger partial charge in [-0.15, -0.1) is 21.5 Å². The highest BCUT2D eigenvalue weighted by molar-refractivity contribution is 7.99. The summed E-state index contributed by atoms with van der Waals surface area (Å²) in [5.74, 6) is 2.34. The quantitative estimate of drug-likeness (QED) is 0.334. The molecule has 0 saturated carbocycles. The first-order valence-electron chi connectivity index (χ1n) is 10.9. The Morgan fingerprint density at radius 3 is 2.71 bits per heavy atom. The molecule has 0 atom stereocenters. The lowest BCUT2D eigenvalue weighted by Crippen LogP contribution is -2.32. The summed E-state index contributed by atoms with van der Waals surface area (Å²) < 4.78 is 13.4. The number of carbonyl (C=O) groups is 1. The van der Waals surface area contributed by atoms with Crippen LogP contribution < -0.4 is 14.4 Å². The maximum Gasteiger partial charge on any atom is 0.237 e. The van der Waals surface area contributed by atoms with E-state index >= 15 is 0 Å². The molecule has 0 aliphatic carbocycles.